The van der Waals surface area contributed by atoms with E-state index in [1.807, 2.05) is 6.08 Å². The van der Waals surface area contributed by atoms with Gasteiger partial charge in [-0.15, -0.1) is 0 Å². The van der Waals surface area contributed by atoms with Crippen LogP contribution in [0.1, 0.15) is 367 Å². The van der Waals surface area contributed by atoms with E-state index in [0.717, 1.165) is 57.8 Å². The first kappa shape index (κ1) is 74.8. The zero-order valence-corrected chi connectivity index (χ0v) is 51.7. The van der Waals surface area contributed by atoms with Gasteiger partial charge < -0.3 is 20.3 Å². The Hall–Kier alpha value is -2.18. The third-order valence-electron chi connectivity index (χ3n) is 15.8. The van der Waals surface area contributed by atoms with Crippen LogP contribution in [-0.4, -0.2) is 47.4 Å². The Morgan fingerprint density at radius 2 is 0.649 bits per heavy atom. The van der Waals surface area contributed by atoms with Crippen molar-refractivity contribution in [3.05, 3.63) is 48.6 Å². The minimum atomic E-state index is -0.852. The van der Waals surface area contributed by atoms with Gasteiger partial charge in [-0.3, -0.25) is 9.59 Å². The second-order valence-electron chi connectivity index (χ2n) is 23.5. The highest BCUT2D eigenvalue weighted by atomic mass is 16.5. The maximum absolute atomic E-state index is 12.5. The van der Waals surface area contributed by atoms with Crippen molar-refractivity contribution >= 4 is 11.9 Å². The largest absolute Gasteiger partial charge is 0.466 e. The monoisotopic (exact) mass is 1080 g/mol. The lowest BCUT2D eigenvalue weighted by Gasteiger charge is -2.20. The van der Waals surface area contributed by atoms with Gasteiger partial charge in [-0.2, -0.15) is 0 Å². The van der Waals surface area contributed by atoms with Gasteiger partial charge in [0.1, 0.15) is 0 Å². The number of hydrogen-bond acceptors (Lipinski definition) is 5. The van der Waals surface area contributed by atoms with E-state index < -0.39 is 12.1 Å². The number of carbonyl (C=O) groups excluding carboxylic acids is 2. The summed E-state index contributed by atoms with van der Waals surface area (Å²) in [5.41, 5.74) is 0. The van der Waals surface area contributed by atoms with E-state index in [4.69, 9.17) is 4.74 Å². The molecule has 6 heteroatoms. The number of ether oxygens (including phenoxy) is 1. The van der Waals surface area contributed by atoms with Gasteiger partial charge >= 0.3 is 5.97 Å². The molecule has 2 atom stereocenters. The molecule has 0 heterocycles. The second-order valence-corrected chi connectivity index (χ2v) is 23.5. The van der Waals surface area contributed by atoms with E-state index >= 15 is 0 Å². The van der Waals surface area contributed by atoms with Gasteiger partial charge in [-0.05, 0) is 89.9 Å². The summed E-state index contributed by atoms with van der Waals surface area (Å²) in [5, 5.41) is 23.2. The van der Waals surface area contributed by atoms with Crippen molar-refractivity contribution in [1.82, 2.24) is 5.32 Å². The molecule has 0 spiro atoms. The summed E-state index contributed by atoms with van der Waals surface area (Å²) in [4.78, 5) is 24.6. The Bertz CT molecular complexity index is 1290. The van der Waals surface area contributed by atoms with Crippen LogP contribution in [-0.2, 0) is 14.3 Å². The quantitative estimate of drug-likeness (QED) is 0.0320. The molecule has 3 N–H and O–H groups in total. The van der Waals surface area contributed by atoms with Crippen LogP contribution < -0.4 is 5.32 Å². The lowest BCUT2D eigenvalue weighted by atomic mass is 10.0. The number of amides is 1. The first-order chi connectivity index (χ1) is 38.0. The number of unbranched alkanes of at least 4 members (excludes halogenated alkanes) is 47. The van der Waals surface area contributed by atoms with Crippen molar-refractivity contribution in [2.24, 2.45) is 0 Å². The lowest BCUT2D eigenvalue weighted by molar-refractivity contribution is -0.143. The zero-order valence-electron chi connectivity index (χ0n) is 51.7. The molecule has 1 amide bonds. The van der Waals surface area contributed by atoms with Gasteiger partial charge in [0.25, 0.3) is 0 Å². The number of aliphatic hydroxyl groups is 2. The van der Waals surface area contributed by atoms with Crippen molar-refractivity contribution in [1.29, 1.82) is 0 Å². The summed E-state index contributed by atoms with van der Waals surface area (Å²) in [7, 11) is 0. The van der Waals surface area contributed by atoms with Crippen molar-refractivity contribution < 1.29 is 24.5 Å². The number of allylic oxidation sites excluding steroid dienone is 7. The fraction of sp³-hybridized carbons (Fsp3) is 0.859. The Morgan fingerprint density at radius 1 is 0.364 bits per heavy atom. The maximum Gasteiger partial charge on any atom is 0.305 e. The van der Waals surface area contributed by atoms with Crippen molar-refractivity contribution in [3.8, 4) is 0 Å². The molecule has 0 saturated heterocycles. The molecule has 0 aliphatic carbocycles. The van der Waals surface area contributed by atoms with E-state index in [9.17, 15) is 19.8 Å². The van der Waals surface area contributed by atoms with E-state index in [-0.39, 0.29) is 18.5 Å². The number of esters is 1. The highest BCUT2D eigenvalue weighted by molar-refractivity contribution is 5.76. The highest BCUT2D eigenvalue weighted by Gasteiger charge is 2.18. The number of hydrogen-bond donors (Lipinski definition) is 3. The molecular weight excluding hydrogens is 947 g/mol. The second kappa shape index (κ2) is 66.3. The lowest BCUT2D eigenvalue weighted by Crippen LogP contribution is -2.45. The number of carbonyl (C=O) groups is 2. The van der Waals surface area contributed by atoms with E-state index in [2.05, 4.69) is 55.6 Å². The molecule has 0 saturated carbocycles. The molecule has 0 bridgehead atoms. The first-order valence-electron chi connectivity index (χ1n) is 34.4. The Labute approximate surface area is 480 Å². The van der Waals surface area contributed by atoms with Crippen molar-refractivity contribution in [2.75, 3.05) is 13.2 Å². The molecule has 452 valence electrons. The molecule has 0 aliphatic rings. The molecule has 0 radical (unpaired) electrons. The van der Waals surface area contributed by atoms with Gasteiger partial charge in [0.15, 0.2) is 0 Å². The molecule has 77 heavy (non-hydrogen) atoms. The van der Waals surface area contributed by atoms with Gasteiger partial charge in [0.2, 0.25) is 5.91 Å². The van der Waals surface area contributed by atoms with Gasteiger partial charge in [-0.25, -0.2) is 0 Å². The minimum Gasteiger partial charge on any atom is -0.466 e. The number of aliphatic hydroxyl groups excluding tert-OH is 2. The third-order valence-corrected chi connectivity index (χ3v) is 15.8. The number of rotatable bonds is 64. The summed E-state index contributed by atoms with van der Waals surface area (Å²) in [6.45, 7) is 4.90. The van der Waals surface area contributed by atoms with Crippen molar-refractivity contribution in [3.63, 3.8) is 0 Å². The highest BCUT2D eigenvalue weighted by Crippen LogP contribution is 2.18. The molecule has 6 nitrogen and oxygen atoms in total. The fourth-order valence-electron chi connectivity index (χ4n) is 10.5. The summed E-state index contributed by atoms with van der Waals surface area (Å²) in [6.07, 6.45) is 86.0. The van der Waals surface area contributed by atoms with E-state index in [0.29, 0.717) is 19.4 Å². The molecule has 0 aliphatic heterocycles. The van der Waals surface area contributed by atoms with Crippen LogP contribution in [0.15, 0.2) is 48.6 Å². The minimum absolute atomic E-state index is 0.00566. The number of nitrogens with one attached hydrogen (secondary N) is 1. The van der Waals surface area contributed by atoms with Crippen LogP contribution in [0.2, 0.25) is 0 Å². The van der Waals surface area contributed by atoms with Gasteiger partial charge in [0.05, 0.1) is 25.4 Å². The molecular formula is C71H133NO5. The topological polar surface area (TPSA) is 95.9 Å². The summed E-state index contributed by atoms with van der Waals surface area (Å²) in [5.74, 6) is -0.0787. The average Bonchev–Trinajstić information content (AvgIpc) is 3.43. The summed E-state index contributed by atoms with van der Waals surface area (Å²) in [6, 6.07) is -0.636. The molecule has 2 unspecified atom stereocenters. The normalized spacial score (nSPS) is 12.8. The maximum atomic E-state index is 12.5. The Kier molecular flexibility index (Phi) is 64.5. The van der Waals surface area contributed by atoms with Crippen LogP contribution in [0.4, 0.5) is 0 Å². The molecule has 0 rings (SSSR count). The summed E-state index contributed by atoms with van der Waals surface area (Å²) < 4.78 is 5.48. The molecule has 0 aromatic heterocycles. The average molecular weight is 1080 g/mol. The Balaban J connectivity index is 3.46. The SMILES string of the molecule is CCCCCC/C=C\C/C=C\CCCCCCCC(=O)OCCCCCCCCCCCC/C=C\CCCCCCCCCC(=O)NC(CO)C(O)/C=C/CCCCCCCCCCCCCCCCCCCCCCC. The predicted octanol–water partition coefficient (Wildman–Crippen LogP) is 22.1. The van der Waals surface area contributed by atoms with Crippen LogP contribution in [0.25, 0.3) is 0 Å². The van der Waals surface area contributed by atoms with E-state index in [1.54, 1.807) is 6.08 Å². The van der Waals surface area contributed by atoms with Gasteiger partial charge in [0, 0.05) is 12.8 Å². The smallest absolute Gasteiger partial charge is 0.305 e. The third kappa shape index (κ3) is 62.9. The molecule has 0 aromatic rings. The van der Waals surface area contributed by atoms with Crippen LogP contribution in [0, 0.1) is 0 Å². The predicted molar refractivity (Wildman–Crippen MR) is 338 cm³/mol. The Morgan fingerprint density at radius 3 is 1.01 bits per heavy atom. The molecule has 0 fully saturated rings. The summed E-state index contributed by atoms with van der Waals surface area (Å²) >= 11 is 0. The van der Waals surface area contributed by atoms with Gasteiger partial charge in [-0.1, -0.05) is 313 Å². The van der Waals surface area contributed by atoms with Crippen LogP contribution in [0.3, 0.4) is 0 Å². The van der Waals surface area contributed by atoms with E-state index in [1.165, 1.54) is 283 Å². The first-order valence-corrected chi connectivity index (χ1v) is 34.4. The van der Waals surface area contributed by atoms with Crippen LogP contribution >= 0.6 is 0 Å². The van der Waals surface area contributed by atoms with Crippen LogP contribution in [0.5, 0.6) is 0 Å². The van der Waals surface area contributed by atoms with Crippen molar-refractivity contribution in [2.45, 2.75) is 379 Å². The standard InChI is InChI=1S/C71H133NO5/c1-3-5-7-9-11-13-15-17-19-21-22-23-24-26-29-32-35-39-43-47-51-55-59-63-69(74)68(67-73)72-70(75)64-60-56-52-48-44-40-36-33-30-27-25-28-31-34-38-42-46-50-54-58-62-66-77-71(76)65-61-57-53-49-45-41-37-20-18-16-14-12-10-8-6-4-2/h14,16,20,27,30,37,59,63,68-69,73-74H,3-13,15,17-19,21-26,28-29,31-36,38-58,60-62,64-67H2,1-2H3,(H,72,75)/b16-14-,30-27-,37-20-,63-59+. The fourth-order valence-corrected chi connectivity index (χ4v) is 10.5. The zero-order chi connectivity index (χ0) is 55.7. The molecule has 0 aromatic carbocycles.